The van der Waals surface area contributed by atoms with E-state index in [2.05, 4.69) is 17.0 Å². The fourth-order valence-corrected chi connectivity index (χ4v) is 7.07. The van der Waals surface area contributed by atoms with E-state index in [0.717, 1.165) is 49.2 Å². The molecule has 180 valence electrons. The molecule has 0 saturated carbocycles. The van der Waals surface area contributed by atoms with Gasteiger partial charge in [-0.05, 0) is 48.9 Å². The van der Waals surface area contributed by atoms with Gasteiger partial charge in [0.2, 0.25) is 0 Å². The van der Waals surface area contributed by atoms with Crippen molar-refractivity contribution in [2.24, 2.45) is 5.73 Å². The Morgan fingerprint density at radius 1 is 1.12 bits per heavy atom. The van der Waals surface area contributed by atoms with E-state index in [9.17, 15) is 19.6 Å². The lowest BCUT2D eigenvalue weighted by Gasteiger charge is -2.38. The Morgan fingerprint density at radius 2 is 1.79 bits per heavy atom. The van der Waals surface area contributed by atoms with Gasteiger partial charge < -0.3 is 10.6 Å². The molecule has 2 aliphatic rings. The third-order valence-electron chi connectivity index (χ3n) is 6.40. The second-order valence-corrected chi connectivity index (χ2v) is 11.7. The van der Waals surface area contributed by atoms with Crippen molar-refractivity contribution in [3.05, 3.63) is 46.5 Å². The van der Waals surface area contributed by atoms with Crippen LogP contribution in [0.15, 0.2) is 29.3 Å². The number of anilines is 2. The number of nitrogens with zero attached hydrogens (tertiary/aromatic N) is 5. The minimum Gasteiger partial charge on any atom is -0.355 e. The summed E-state index contributed by atoms with van der Waals surface area (Å²) in [5.74, 6) is 1.68. The average molecular weight is 499 g/mol. The Morgan fingerprint density at radius 3 is 2.35 bits per heavy atom. The zero-order chi connectivity index (χ0) is 24.3. The highest BCUT2D eigenvalue weighted by atomic mass is 32.3. The van der Waals surface area contributed by atoms with E-state index in [1.54, 1.807) is 4.31 Å². The predicted octanol–water partition coefficient (Wildman–Crippen LogP) is 4.48. The maximum Gasteiger partial charge on any atom is 0.148 e. The van der Waals surface area contributed by atoms with Crippen LogP contribution >= 0.6 is 22.5 Å². The molecular weight excluding hydrogens is 468 g/mol. The van der Waals surface area contributed by atoms with Gasteiger partial charge in [0.1, 0.15) is 23.0 Å². The summed E-state index contributed by atoms with van der Waals surface area (Å²) in [6, 6.07) is 12.5. The number of hydrogen-bond acceptors (Lipinski definition) is 9. The lowest BCUT2D eigenvalue weighted by atomic mass is 10.00. The molecule has 0 atom stereocenters. The molecule has 4 N–H and O–H groups in total. The third-order valence-corrected chi connectivity index (χ3v) is 9.38. The minimum atomic E-state index is -2.71. The summed E-state index contributed by atoms with van der Waals surface area (Å²) in [5, 5.41) is 20.4. The third kappa shape index (κ3) is 4.97. The molecule has 2 aliphatic heterocycles. The standard InChI is InChI=1S/C24H30N6O2S2/c1-2-20-21(14-25)23(29-11-8-18(27)9-12-29)28-24(22(20)15-26)33-16-17-4-6-19(7-5-17)30-10-3-13-34(30,31)32/h4-7,18,31-32H,2-3,8-13,16,27H2,1H3. The molecule has 2 aromatic rings. The summed E-state index contributed by atoms with van der Waals surface area (Å²) in [5.41, 5.74) is 9.64. The summed E-state index contributed by atoms with van der Waals surface area (Å²) >= 11 is 1.49. The number of benzene rings is 1. The van der Waals surface area contributed by atoms with Crippen molar-refractivity contribution < 1.29 is 9.11 Å². The van der Waals surface area contributed by atoms with Gasteiger partial charge >= 0.3 is 0 Å². The fourth-order valence-electron chi connectivity index (χ4n) is 4.49. The van der Waals surface area contributed by atoms with Crippen LogP contribution in [0.3, 0.4) is 0 Å². The van der Waals surface area contributed by atoms with E-state index in [1.165, 1.54) is 11.8 Å². The molecule has 8 nitrogen and oxygen atoms in total. The molecule has 0 spiro atoms. The first-order valence-electron chi connectivity index (χ1n) is 11.5. The van der Waals surface area contributed by atoms with Gasteiger partial charge in [-0.3, -0.25) is 13.4 Å². The quantitative estimate of drug-likeness (QED) is 0.493. The van der Waals surface area contributed by atoms with Gasteiger partial charge in [-0.15, -0.1) is 22.5 Å². The van der Waals surface area contributed by atoms with Crippen molar-refractivity contribution in [2.75, 3.05) is 34.6 Å². The first-order valence-corrected chi connectivity index (χ1v) is 14.2. The topological polar surface area (TPSA) is 133 Å². The largest absolute Gasteiger partial charge is 0.355 e. The number of nitrogens with two attached hydrogens (primary N) is 1. The van der Waals surface area contributed by atoms with Gasteiger partial charge in [0.15, 0.2) is 0 Å². The summed E-state index contributed by atoms with van der Waals surface area (Å²) in [4.78, 5) is 6.94. The SMILES string of the molecule is CCc1c(C#N)c(SCc2ccc(N3CCCS3(O)O)cc2)nc(N2CCC(N)CC2)c1C#N. The first kappa shape index (κ1) is 24.6. The highest BCUT2D eigenvalue weighted by molar-refractivity contribution is 8.25. The molecule has 10 heteroatoms. The van der Waals surface area contributed by atoms with Gasteiger partial charge in [-0.2, -0.15) is 10.5 Å². The van der Waals surface area contributed by atoms with Crippen molar-refractivity contribution in [3.63, 3.8) is 0 Å². The van der Waals surface area contributed by atoms with Crippen molar-refractivity contribution in [1.82, 2.24) is 4.98 Å². The van der Waals surface area contributed by atoms with E-state index in [1.807, 2.05) is 31.2 Å². The van der Waals surface area contributed by atoms with Gasteiger partial charge in [-0.1, -0.05) is 19.1 Å². The minimum absolute atomic E-state index is 0.173. The number of piperidine rings is 1. The van der Waals surface area contributed by atoms with Crippen LogP contribution in [-0.2, 0) is 12.2 Å². The highest BCUT2D eigenvalue weighted by Crippen LogP contribution is 2.50. The van der Waals surface area contributed by atoms with Crippen LogP contribution in [0.1, 0.15) is 48.4 Å². The number of pyridine rings is 1. The number of hydrogen-bond donors (Lipinski definition) is 3. The summed E-state index contributed by atoms with van der Waals surface area (Å²) in [7, 11) is -2.71. The zero-order valence-corrected chi connectivity index (χ0v) is 20.9. The monoisotopic (exact) mass is 498 g/mol. The second kappa shape index (κ2) is 10.4. The van der Waals surface area contributed by atoms with E-state index < -0.39 is 10.8 Å². The highest BCUT2D eigenvalue weighted by Gasteiger charge is 2.29. The zero-order valence-electron chi connectivity index (χ0n) is 19.3. The molecule has 4 rings (SSSR count). The Balaban J connectivity index is 1.58. The molecule has 2 fully saturated rings. The predicted molar refractivity (Wildman–Crippen MR) is 138 cm³/mol. The molecule has 0 unspecified atom stereocenters. The molecular formula is C24H30N6O2S2. The summed E-state index contributed by atoms with van der Waals surface area (Å²) in [6.45, 7) is 4.10. The normalized spacial score (nSPS) is 19.0. The molecule has 0 aliphatic carbocycles. The maximum absolute atomic E-state index is 10.2. The smallest absolute Gasteiger partial charge is 0.148 e. The van der Waals surface area contributed by atoms with Crippen molar-refractivity contribution >= 4 is 34.0 Å². The first-order chi connectivity index (χ1) is 16.4. The van der Waals surface area contributed by atoms with E-state index in [0.29, 0.717) is 46.4 Å². The Labute approximate surface area is 206 Å². The molecule has 1 aromatic heterocycles. The molecule has 1 aromatic carbocycles. The van der Waals surface area contributed by atoms with E-state index in [-0.39, 0.29) is 6.04 Å². The van der Waals surface area contributed by atoms with Crippen LogP contribution < -0.4 is 14.9 Å². The van der Waals surface area contributed by atoms with Crippen LogP contribution in [0.5, 0.6) is 0 Å². The van der Waals surface area contributed by atoms with Gasteiger partial charge in [0.05, 0.1) is 22.6 Å². The van der Waals surface area contributed by atoms with Crippen molar-refractivity contribution in [2.45, 2.75) is 49.4 Å². The number of rotatable bonds is 6. The molecule has 0 amide bonds. The van der Waals surface area contributed by atoms with Gasteiger partial charge in [0.25, 0.3) is 0 Å². The second-order valence-electron chi connectivity index (χ2n) is 8.62. The molecule has 2 saturated heterocycles. The summed E-state index contributed by atoms with van der Waals surface area (Å²) in [6.07, 6.45) is 3.06. The van der Waals surface area contributed by atoms with Crippen LogP contribution in [0.25, 0.3) is 0 Å². The van der Waals surface area contributed by atoms with Crippen LogP contribution in [0.4, 0.5) is 11.5 Å². The van der Waals surface area contributed by atoms with Gasteiger partial charge in [0, 0.05) is 31.4 Å². The molecule has 3 heterocycles. The number of thioether (sulfide) groups is 1. The molecule has 0 bridgehead atoms. The molecule has 34 heavy (non-hydrogen) atoms. The Bertz CT molecular complexity index is 1120. The van der Waals surface area contributed by atoms with E-state index in [4.69, 9.17) is 10.7 Å². The van der Waals surface area contributed by atoms with Crippen LogP contribution in [0, 0.1) is 22.7 Å². The Hall–Kier alpha value is -2.47. The summed E-state index contributed by atoms with van der Waals surface area (Å²) < 4.78 is 22.1. The van der Waals surface area contributed by atoms with Crippen LogP contribution in [-0.4, -0.2) is 45.5 Å². The Kier molecular flexibility index (Phi) is 7.56. The average Bonchev–Trinajstić information content (AvgIpc) is 3.21. The van der Waals surface area contributed by atoms with Gasteiger partial charge in [-0.25, -0.2) is 4.98 Å². The fraction of sp³-hybridized carbons (Fsp3) is 0.458. The maximum atomic E-state index is 10.2. The lowest BCUT2D eigenvalue weighted by molar-refractivity contribution is 0.491. The van der Waals surface area contributed by atoms with Crippen LogP contribution in [0.2, 0.25) is 0 Å². The van der Waals surface area contributed by atoms with Crippen molar-refractivity contribution in [1.29, 1.82) is 10.5 Å². The number of nitriles is 2. The molecule has 0 radical (unpaired) electrons. The number of aromatic nitrogens is 1. The van der Waals surface area contributed by atoms with E-state index >= 15 is 0 Å². The van der Waals surface area contributed by atoms with Crippen molar-refractivity contribution in [3.8, 4) is 12.1 Å². The lowest BCUT2D eigenvalue weighted by Crippen LogP contribution is -2.40.